The molecule has 0 radical (unpaired) electrons. The highest BCUT2D eigenvalue weighted by Gasteiger charge is 2.18. The summed E-state index contributed by atoms with van der Waals surface area (Å²) < 4.78 is 0. The summed E-state index contributed by atoms with van der Waals surface area (Å²) in [6.45, 7) is 1.78. The number of carbonyl (C=O) groups excluding carboxylic acids is 3. The van der Waals surface area contributed by atoms with Gasteiger partial charge in [0.2, 0.25) is 5.91 Å². The number of nitrogens with zero attached hydrogens (tertiary/aromatic N) is 1. The molecule has 0 bridgehead atoms. The molecule has 3 N–H and O–H groups in total. The Bertz CT molecular complexity index is 1620. The van der Waals surface area contributed by atoms with E-state index in [1.165, 1.54) is 11.8 Å². The molecule has 0 saturated heterocycles. The van der Waals surface area contributed by atoms with Crippen molar-refractivity contribution in [2.45, 2.75) is 17.1 Å². The van der Waals surface area contributed by atoms with Crippen molar-refractivity contribution >= 4 is 75.8 Å². The van der Waals surface area contributed by atoms with Gasteiger partial charge < -0.3 is 20.9 Å². The van der Waals surface area contributed by atoms with Crippen LogP contribution in [0.15, 0.2) is 108 Å². The minimum Gasteiger partial charge on any atom is -0.378 e. The first-order valence-electron chi connectivity index (χ1n) is 13.3. The minimum absolute atomic E-state index is 0.0810. The van der Waals surface area contributed by atoms with Gasteiger partial charge in [-0.3, -0.25) is 14.4 Å². The van der Waals surface area contributed by atoms with Crippen LogP contribution in [0.25, 0.3) is 6.08 Å². The lowest BCUT2D eigenvalue weighted by Crippen LogP contribution is -2.30. The second-order valence-corrected chi connectivity index (χ2v) is 12.0. The number of rotatable bonds is 10. The van der Waals surface area contributed by atoms with Crippen LogP contribution in [0.5, 0.6) is 0 Å². The first-order valence-corrected chi connectivity index (χ1v) is 14.9. The van der Waals surface area contributed by atoms with Crippen LogP contribution in [0.2, 0.25) is 10.0 Å². The van der Waals surface area contributed by atoms with E-state index in [9.17, 15) is 14.4 Å². The summed E-state index contributed by atoms with van der Waals surface area (Å²) in [7, 11) is 3.89. The zero-order valence-electron chi connectivity index (χ0n) is 23.7. The predicted octanol–water partition coefficient (Wildman–Crippen LogP) is 7.59. The molecule has 0 aliphatic heterocycles. The lowest BCUT2D eigenvalue weighted by molar-refractivity contribution is -0.115. The lowest BCUT2D eigenvalue weighted by atomic mass is 10.1. The van der Waals surface area contributed by atoms with Gasteiger partial charge in [-0.05, 0) is 79.2 Å². The van der Waals surface area contributed by atoms with Gasteiger partial charge in [0.25, 0.3) is 11.8 Å². The average molecular weight is 634 g/mol. The van der Waals surface area contributed by atoms with E-state index in [1.54, 1.807) is 73.7 Å². The SMILES string of the molecule is CC(Sc1cccc(NC(=O)/C(=C\c2ccc(N(C)C)cc2)NC(=O)c2ccccc2)c1)C(=O)Nc1cc(Cl)cc(Cl)c1. The number of anilines is 3. The molecular weight excluding hydrogens is 603 g/mol. The fourth-order valence-electron chi connectivity index (χ4n) is 3.95. The fourth-order valence-corrected chi connectivity index (χ4v) is 5.40. The quantitative estimate of drug-likeness (QED) is 0.124. The molecule has 0 saturated carbocycles. The number of carbonyl (C=O) groups is 3. The van der Waals surface area contributed by atoms with Crippen LogP contribution in [0, 0.1) is 0 Å². The van der Waals surface area contributed by atoms with Crippen molar-refractivity contribution in [3.63, 3.8) is 0 Å². The van der Waals surface area contributed by atoms with E-state index in [0.717, 1.165) is 16.1 Å². The maximum atomic E-state index is 13.5. The summed E-state index contributed by atoms with van der Waals surface area (Å²) in [4.78, 5) is 42.0. The molecule has 4 aromatic carbocycles. The molecule has 7 nitrogen and oxygen atoms in total. The third-order valence-corrected chi connectivity index (χ3v) is 7.68. The Balaban J connectivity index is 1.49. The summed E-state index contributed by atoms with van der Waals surface area (Å²) in [5.41, 5.74) is 3.27. The van der Waals surface area contributed by atoms with Gasteiger partial charge in [0.05, 0.1) is 5.25 Å². The third kappa shape index (κ3) is 9.38. The fraction of sp³-hybridized carbons (Fsp3) is 0.121. The van der Waals surface area contributed by atoms with Gasteiger partial charge in [-0.25, -0.2) is 0 Å². The summed E-state index contributed by atoms with van der Waals surface area (Å²) >= 11 is 13.4. The Morgan fingerprint density at radius 3 is 2.12 bits per heavy atom. The highest BCUT2D eigenvalue weighted by molar-refractivity contribution is 8.00. The molecule has 0 aromatic heterocycles. The van der Waals surface area contributed by atoms with Crippen LogP contribution in [-0.4, -0.2) is 37.1 Å². The molecule has 43 heavy (non-hydrogen) atoms. The molecule has 3 amide bonds. The monoisotopic (exact) mass is 632 g/mol. The molecule has 0 spiro atoms. The van der Waals surface area contributed by atoms with Crippen molar-refractivity contribution in [1.29, 1.82) is 0 Å². The Kier molecular flexibility index (Phi) is 10.9. The van der Waals surface area contributed by atoms with Gasteiger partial charge in [0.15, 0.2) is 0 Å². The van der Waals surface area contributed by atoms with Crippen LogP contribution in [0.3, 0.4) is 0 Å². The van der Waals surface area contributed by atoms with Crippen LogP contribution >= 0.6 is 35.0 Å². The average Bonchev–Trinajstić information content (AvgIpc) is 2.97. The maximum absolute atomic E-state index is 13.5. The standard InChI is InChI=1S/C33H30Cl2N4O3S/c1-21(31(40)37-27-18-24(34)17-25(35)19-27)43-29-11-7-10-26(20-29)36-33(42)30(38-32(41)23-8-5-4-6-9-23)16-22-12-14-28(15-13-22)39(2)3/h4-21H,1-3H3,(H,36,42)(H,37,40)(H,38,41)/b30-16+. The largest absolute Gasteiger partial charge is 0.378 e. The van der Waals surface area contributed by atoms with Gasteiger partial charge in [-0.15, -0.1) is 11.8 Å². The lowest BCUT2D eigenvalue weighted by Gasteiger charge is -2.15. The zero-order valence-corrected chi connectivity index (χ0v) is 26.1. The molecule has 0 aliphatic rings. The van der Waals surface area contributed by atoms with E-state index in [0.29, 0.717) is 27.0 Å². The normalized spacial score (nSPS) is 11.8. The van der Waals surface area contributed by atoms with E-state index >= 15 is 0 Å². The van der Waals surface area contributed by atoms with Gasteiger partial charge >= 0.3 is 0 Å². The summed E-state index contributed by atoms with van der Waals surface area (Å²) in [6, 6.07) is 28.3. The van der Waals surface area contributed by atoms with Crippen molar-refractivity contribution in [2.24, 2.45) is 0 Å². The van der Waals surface area contributed by atoms with Crippen LogP contribution < -0.4 is 20.9 Å². The van der Waals surface area contributed by atoms with Crippen molar-refractivity contribution in [3.8, 4) is 0 Å². The molecule has 4 aromatic rings. The van der Waals surface area contributed by atoms with E-state index in [4.69, 9.17) is 23.2 Å². The van der Waals surface area contributed by atoms with Crippen LogP contribution in [0.4, 0.5) is 17.1 Å². The van der Waals surface area contributed by atoms with Gasteiger partial charge in [-0.2, -0.15) is 0 Å². The van der Waals surface area contributed by atoms with E-state index in [1.807, 2.05) is 55.4 Å². The summed E-state index contributed by atoms with van der Waals surface area (Å²) in [5.74, 6) is -1.13. The molecule has 1 atom stereocenters. The van der Waals surface area contributed by atoms with Crippen molar-refractivity contribution < 1.29 is 14.4 Å². The molecule has 0 fully saturated rings. The van der Waals surface area contributed by atoms with Crippen molar-refractivity contribution in [1.82, 2.24) is 5.32 Å². The molecule has 220 valence electrons. The number of amides is 3. The second-order valence-electron chi connectivity index (χ2n) is 9.75. The highest BCUT2D eigenvalue weighted by Crippen LogP contribution is 2.28. The Labute approximate surface area is 265 Å². The maximum Gasteiger partial charge on any atom is 0.272 e. The molecule has 1 unspecified atom stereocenters. The number of nitrogens with one attached hydrogen (secondary N) is 3. The number of halogens is 2. The van der Waals surface area contributed by atoms with Gasteiger partial charge in [0.1, 0.15) is 5.70 Å². The van der Waals surface area contributed by atoms with Gasteiger partial charge in [0, 0.05) is 51.7 Å². The molecule has 10 heteroatoms. The highest BCUT2D eigenvalue weighted by atomic mass is 35.5. The van der Waals surface area contributed by atoms with E-state index in [2.05, 4.69) is 16.0 Å². The first kappa shape index (κ1) is 31.7. The number of thioether (sulfide) groups is 1. The predicted molar refractivity (Wildman–Crippen MR) is 178 cm³/mol. The van der Waals surface area contributed by atoms with Crippen molar-refractivity contribution in [3.05, 3.63) is 124 Å². The molecule has 4 rings (SSSR count). The smallest absolute Gasteiger partial charge is 0.272 e. The minimum atomic E-state index is -0.494. The molecule has 0 heterocycles. The van der Waals surface area contributed by atoms with Crippen LogP contribution in [-0.2, 0) is 9.59 Å². The van der Waals surface area contributed by atoms with E-state index in [-0.39, 0.29) is 11.6 Å². The Hall–Kier alpha value is -4.24. The third-order valence-electron chi connectivity index (χ3n) is 6.15. The summed E-state index contributed by atoms with van der Waals surface area (Å²) in [5, 5.41) is 8.83. The second kappa shape index (κ2) is 14.8. The van der Waals surface area contributed by atoms with E-state index < -0.39 is 17.1 Å². The van der Waals surface area contributed by atoms with Gasteiger partial charge in [-0.1, -0.05) is 59.6 Å². The summed E-state index contributed by atoms with van der Waals surface area (Å²) in [6.07, 6.45) is 1.63. The number of hydrogen-bond donors (Lipinski definition) is 3. The van der Waals surface area contributed by atoms with Crippen LogP contribution in [0.1, 0.15) is 22.8 Å². The Morgan fingerprint density at radius 2 is 1.47 bits per heavy atom. The topological polar surface area (TPSA) is 90.5 Å². The number of hydrogen-bond acceptors (Lipinski definition) is 5. The zero-order chi connectivity index (χ0) is 30.9. The molecular formula is C33H30Cl2N4O3S. The van der Waals surface area contributed by atoms with Crippen molar-refractivity contribution in [2.75, 3.05) is 29.6 Å². The first-order chi connectivity index (χ1) is 20.6. The molecule has 0 aliphatic carbocycles. The Morgan fingerprint density at radius 1 is 0.791 bits per heavy atom. The number of benzene rings is 4.